The average molecular weight is 421 g/mol. The molecule has 0 spiro atoms. The first-order valence-corrected chi connectivity index (χ1v) is 9.69. The van der Waals surface area contributed by atoms with Gasteiger partial charge in [0.2, 0.25) is 5.91 Å². The lowest BCUT2D eigenvalue weighted by Gasteiger charge is -2.27. The first-order valence-electron chi connectivity index (χ1n) is 8.87. The average Bonchev–Trinajstić information content (AvgIpc) is 2.98. The Bertz CT molecular complexity index is 990. The minimum atomic E-state index is -2.92. The van der Waals surface area contributed by atoms with Crippen LogP contribution in [0.1, 0.15) is 31.2 Å². The van der Waals surface area contributed by atoms with Crippen molar-refractivity contribution in [1.29, 1.82) is 0 Å². The fourth-order valence-corrected chi connectivity index (χ4v) is 4.77. The van der Waals surface area contributed by atoms with Gasteiger partial charge in [-0.15, -0.1) is 11.3 Å². The fraction of sp³-hybridized carbons (Fsp3) is 0.316. The lowest BCUT2D eigenvalue weighted by atomic mass is 10.0. The summed E-state index contributed by atoms with van der Waals surface area (Å²) in [6.45, 7) is -2.19. The number of nitrogens with one attached hydrogen (secondary N) is 1. The summed E-state index contributed by atoms with van der Waals surface area (Å²) < 4.78 is 28.8. The van der Waals surface area contributed by atoms with E-state index in [0.717, 1.165) is 10.4 Å². The highest BCUT2D eigenvalue weighted by Crippen LogP contribution is 2.39. The molecule has 2 aliphatic heterocycles. The van der Waals surface area contributed by atoms with Crippen LogP contribution in [-0.2, 0) is 17.8 Å². The zero-order chi connectivity index (χ0) is 20.7. The van der Waals surface area contributed by atoms with Gasteiger partial charge < -0.3 is 19.9 Å². The van der Waals surface area contributed by atoms with Crippen molar-refractivity contribution >= 4 is 34.1 Å². The third kappa shape index (κ3) is 3.67. The molecule has 2 aliphatic rings. The van der Waals surface area contributed by atoms with Crippen LogP contribution in [0.4, 0.5) is 13.8 Å². The normalized spacial score (nSPS) is 16.3. The van der Waals surface area contributed by atoms with Crippen molar-refractivity contribution in [1.82, 2.24) is 9.80 Å². The molecule has 1 aromatic heterocycles. The van der Waals surface area contributed by atoms with Crippen LogP contribution >= 0.6 is 11.3 Å². The first-order chi connectivity index (χ1) is 13.8. The lowest BCUT2D eigenvalue weighted by molar-refractivity contribution is -0.116. The summed E-state index contributed by atoms with van der Waals surface area (Å²) in [6.07, 6.45) is 0.495. The molecule has 0 bridgehead atoms. The molecule has 152 valence electrons. The molecule has 4 rings (SSSR count). The van der Waals surface area contributed by atoms with Crippen LogP contribution in [0.3, 0.4) is 0 Å². The molecule has 3 amide bonds. The van der Waals surface area contributed by atoms with Crippen LogP contribution in [0.25, 0.3) is 0 Å². The summed E-state index contributed by atoms with van der Waals surface area (Å²) in [5.74, 6) is -0.712. The Morgan fingerprint density at radius 3 is 2.62 bits per heavy atom. The Morgan fingerprint density at radius 1 is 1.21 bits per heavy atom. The second kappa shape index (κ2) is 7.43. The molecule has 0 saturated heterocycles. The van der Waals surface area contributed by atoms with Gasteiger partial charge in [0.1, 0.15) is 10.8 Å². The van der Waals surface area contributed by atoms with Crippen LogP contribution in [0, 0.1) is 0 Å². The van der Waals surface area contributed by atoms with Crippen LogP contribution in [0.5, 0.6) is 5.75 Å². The van der Waals surface area contributed by atoms with E-state index in [1.54, 1.807) is 11.9 Å². The number of thiophene rings is 1. The maximum absolute atomic E-state index is 12.8. The smallest absolute Gasteiger partial charge is 0.387 e. The number of halogens is 2. The molecule has 1 N–H and O–H groups in total. The van der Waals surface area contributed by atoms with Gasteiger partial charge in [0, 0.05) is 24.0 Å². The summed E-state index contributed by atoms with van der Waals surface area (Å²) in [7, 11) is 1.58. The Morgan fingerprint density at radius 2 is 1.93 bits per heavy atom. The minimum absolute atomic E-state index is 0.00485. The van der Waals surface area contributed by atoms with Crippen molar-refractivity contribution in [3.63, 3.8) is 0 Å². The van der Waals surface area contributed by atoms with Crippen molar-refractivity contribution in [2.24, 2.45) is 0 Å². The molecule has 0 fully saturated rings. The number of rotatable bonds is 3. The number of hydrogen-bond acceptors (Lipinski definition) is 5. The fourth-order valence-electron chi connectivity index (χ4n) is 3.50. The van der Waals surface area contributed by atoms with Crippen LogP contribution in [0.2, 0.25) is 0 Å². The summed E-state index contributed by atoms with van der Waals surface area (Å²) in [5, 5.41) is 3.30. The van der Waals surface area contributed by atoms with E-state index in [9.17, 15) is 23.2 Å². The van der Waals surface area contributed by atoms with Gasteiger partial charge in [-0.25, -0.2) is 0 Å². The molecule has 0 unspecified atom stereocenters. The molecule has 10 heteroatoms. The minimum Gasteiger partial charge on any atom is -0.435 e. The number of anilines is 1. The van der Waals surface area contributed by atoms with Gasteiger partial charge in [0.15, 0.2) is 0 Å². The van der Waals surface area contributed by atoms with Crippen LogP contribution < -0.4 is 10.1 Å². The van der Waals surface area contributed by atoms with Crippen LogP contribution in [-0.4, -0.2) is 54.3 Å². The second-order valence-electron chi connectivity index (χ2n) is 6.80. The van der Waals surface area contributed by atoms with E-state index >= 15 is 0 Å². The Balaban J connectivity index is 1.55. The third-order valence-electron chi connectivity index (χ3n) is 4.86. The maximum atomic E-state index is 12.8. The first kappa shape index (κ1) is 19.3. The number of benzene rings is 1. The molecule has 3 heterocycles. The molecule has 7 nitrogen and oxygen atoms in total. The van der Waals surface area contributed by atoms with E-state index in [1.165, 1.54) is 40.5 Å². The predicted molar refractivity (Wildman–Crippen MR) is 101 cm³/mol. The molecule has 0 aliphatic carbocycles. The van der Waals surface area contributed by atoms with Gasteiger partial charge in [0.25, 0.3) is 11.8 Å². The van der Waals surface area contributed by atoms with E-state index in [0.29, 0.717) is 35.6 Å². The summed E-state index contributed by atoms with van der Waals surface area (Å²) in [6, 6.07) is 5.54. The Labute approximate surface area is 168 Å². The highest BCUT2D eigenvalue weighted by atomic mass is 32.1. The van der Waals surface area contributed by atoms with Crippen molar-refractivity contribution in [3.05, 3.63) is 45.8 Å². The molecular weight excluding hydrogens is 404 g/mol. The van der Waals surface area contributed by atoms with E-state index in [-0.39, 0.29) is 30.0 Å². The largest absolute Gasteiger partial charge is 0.435 e. The number of alkyl halides is 2. The number of ether oxygens (including phenoxy) is 1. The molecule has 29 heavy (non-hydrogen) atoms. The molecule has 0 saturated carbocycles. The number of hydrogen-bond donors (Lipinski definition) is 1. The zero-order valence-corrected chi connectivity index (χ0v) is 16.2. The maximum Gasteiger partial charge on any atom is 0.387 e. The second-order valence-corrected chi connectivity index (χ2v) is 7.90. The van der Waals surface area contributed by atoms with Crippen molar-refractivity contribution < 1.29 is 27.9 Å². The summed E-state index contributed by atoms with van der Waals surface area (Å²) in [5.41, 5.74) is 1.74. The Kier molecular flexibility index (Phi) is 4.95. The predicted octanol–water partition coefficient (Wildman–Crippen LogP) is 2.57. The van der Waals surface area contributed by atoms with Crippen molar-refractivity contribution in [2.75, 3.05) is 25.5 Å². The topological polar surface area (TPSA) is 79.0 Å². The third-order valence-corrected chi connectivity index (χ3v) is 6.00. The summed E-state index contributed by atoms with van der Waals surface area (Å²) in [4.78, 5) is 41.3. The van der Waals surface area contributed by atoms with Gasteiger partial charge in [-0.05, 0) is 36.2 Å². The standard InChI is InChI=1S/C19H17F2N3O4S/c1-23-9-14(25)22-16-15(18(23)27)12-6-7-24(8-13(12)29-16)17(26)10-2-4-11(5-3-10)28-19(20)21/h2-5,19H,6-9H2,1H3,(H,22,25). The number of amides is 3. The highest BCUT2D eigenvalue weighted by molar-refractivity contribution is 7.17. The monoisotopic (exact) mass is 421 g/mol. The highest BCUT2D eigenvalue weighted by Gasteiger charge is 2.34. The molecule has 0 radical (unpaired) electrons. The molecule has 1 aromatic carbocycles. The van der Waals surface area contributed by atoms with E-state index in [2.05, 4.69) is 10.1 Å². The van der Waals surface area contributed by atoms with Crippen molar-refractivity contribution in [2.45, 2.75) is 19.6 Å². The van der Waals surface area contributed by atoms with Crippen LogP contribution in [0.15, 0.2) is 24.3 Å². The Hall–Kier alpha value is -3.01. The van der Waals surface area contributed by atoms with Gasteiger partial charge in [-0.3, -0.25) is 14.4 Å². The van der Waals surface area contributed by atoms with Gasteiger partial charge in [0.05, 0.1) is 18.7 Å². The zero-order valence-electron chi connectivity index (χ0n) is 15.4. The molecule has 2 aromatic rings. The van der Waals surface area contributed by atoms with Gasteiger partial charge in [-0.1, -0.05) is 0 Å². The van der Waals surface area contributed by atoms with E-state index < -0.39 is 6.61 Å². The molecular formula is C19H17F2N3O4S. The molecule has 0 atom stereocenters. The summed E-state index contributed by atoms with van der Waals surface area (Å²) >= 11 is 1.31. The number of fused-ring (bicyclic) bond motifs is 3. The van der Waals surface area contributed by atoms with Crippen molar-refractivity contribution in [3.8, 4) is 5.75 Å². The van der Waals surface area contributed by atoms with E-state index in [4.69, 9.17) is 0 Å². The van der Waals surface area contributed by atoms with E-state index in [1.807, 2.05) is 0 Å². The number of carbonyl (C=O) groups is 3. The lowest BCUT2D eigenvalue weighted by Crippen LogP contribution is -2.36. The van der Waals surface area contributed by atoms with Gasteiger partial charge in [-0.2, -0.15) is 8.78 Å². The van der Waals surface area contributed by atoms with Gasteiger partial charge >= 0.3 is 6.61 Å². The number of nitrogens with zero attached hydrogens (tertiary/aromatic N) is 2. The number of carbonyl (C=O) groups excluding carboxylic acids is 3. The number of likely N-dealkylation sites (N-methyl/N-ethyl adjacent to an activating group) is 1. The quantitative estimate of drug-likeness (QED) is 0.826. The SMILES string of the molecule is CN1CC(=O)Nc2sc3c(c2C1=O)CCN(C(=O)c1ccc(OC(F)F)cc1)C3.